The number of benzene rings is 2. The molecule has 0 spiro atoms. The Morgan fingerprint density at radius 3 is 2.81 bits per heavy atom. The van der Waals surface area contributed by atoms with E-state index in [0.717, 1.165) is 33.2 Å². The van der Waals surface area contributed by atoms with Gasteiger partial charge in [-0.25, -0.2) is 0 Å². The second kappa shape index (κ2) is 6.12. The van der Waals surface area contributed by atoms with Crippen LogP contribution in [0.15, 0.2) is 51.6 Å². The Morgan fingerprint density at radius 2 is 2.00 bits per heavy atom. The van der Waals surface area contributed by atoms with Crippen LogP contribution >= 0.6 is 27.5 Å². The fourth-order valence-corrected chi connectivity index (χ4v) is 3.22. The predicted octanol–water partition coefficient (Wildman–Crippen LogP) is 5.99. The molecule has 1 aromatic heterocycles. The minimum absolute atomic E-state index is 0.455. The zero-order valence-corrected chi connectivity index (χ0v) is 13.9. The van der Waals surface area contributed by atoms with E-state index < -0.39 is 0 Å². The van der Waals surface area contributed by atoms with Gasteiger partial charge in [0.15, 0.2) is 0 Å². The highest BCUT2D eigenvalue weighted by Gasteiger charge is 2.11. The fourth-order valence-electron chi connectivity index (χ4n) is 2.32. The topological polar surface area (TPSA) is 22.4 Å². The quantitative estimate of drug-likeness (QED) is 0.566. The van der Waals surface area contributed by atoms with E-state index in [9.17, 15) is 0 Å². The summed E-state index contributed by atoms with van der Waals surface area (Å²) < 4.78 is 12.4. The highest BCUT2D eigenvalue weighted by atomic mass is 79.9. The Balaban J connectivity index is 1.89. The monoisotopic (exact) mass is 364 g/mol. The van der Waals surface area contributed by atoms with Crippen molar-refractivity contribution >= 4 is 38.5 Å². The average molecular weight is 366 g/mol. The summed E-state index contributed by atoms with van der Waals surface area (Å²) in [7, 11) is 0. The van der Waals surface area contributed by atoms with Crippen LogP contribution in [0.25, 0.3) is 11.0 Å². The van der Waals surface area contributed by atoms with Gasteiger partial charge in [-0.15, -0.1) is 0 Å². The average Bonchev–Trinajstić information content (AvgIpc) is 2.88. The first kappa shape index (κ1) is 14.5. The molecule has 0 N–H and O–H groups in total. The van der Waals surface area contributed by atoms with Gasteiger partial charge in [0.05, 0.1) is 10.7 Å². The Labute approximate surface area is 136 Å². The molecule has 2 nitrogen and oxygen atoms in total. The minimum Gasteiger partial charge on any atom is -0.488 e. The molecule has 0 saturated carbocycles. The van der Waals surface area contributed by atoms with Crippen LogP contribution in [0, 0.1) is 0 Å². The largest absolute Gasteiger partial charge is 0.488 e. The number of hydrogen-bond donors (Lipinski definition) is 0. The van der Waals surface area contributed by atoms with Crippen LogP contribution in [0.1, 0.15) is 18.1 Å². The fraction of sp³-hybridized carbons (Fsp3) is 0.176. The second-order valence-corrected chi connectivity index (χ2v) is 6.07. The van der Waals surface area contributed by atoms with Gasteiger partial charge in [0.1, 0.15) is 17.9 Å². The minimum atomic E-state index is 0.455. The number of ether oxygens (including phenoxy) is 1. The van der Waals surface area contributed by atoms with Crippen molar-refractivity contribution < 1.29 is 9.15 Å². The molecule has 0 bridgehead atoms. The molecular formula is C17H14BrClO2. The van der Waals surface area contributed by atoms with Crippen LogP contribution in [0.5, 0.6) is 5.75 Å². The maximum atomic E-state index is 6.11. The van der Waals surface area contributed by atoms with Gasteiger partial charge in [0.25, 0.3) is 0 Å². The molecule has 0 unspecified atom stereocenters. The summed E-state index contributed by atoms with van der Waals surface area (Å²) in [5, 5.41) is 1.65. The van der Waals surface area contributed by atoms with Crippen molar-refractivity contribution in [3.63, 3.8) is 0 Å². The van der Waals surface area contributed by atoms with Gasteiger partial charge in [-0.05, 0) is 46.1 Å². The molecule has 108 valence electrons. The van der Waals surface area contributed by atoms with E-state index in [2.05, 4.69) is 28.9 Å². The van der Waals surface area contributed by atoms with E-state index in [1.165, 1.54) is 5.56 Å². The molecule has 0 aliphatic carbocycles. The van der Waals surface area contributed by atoms with Crippen molar-refractivity contribution in [3.05, 3.63) is 63.3 Å². The third-order valence-electron chi connectivity index (χ3n) is 3.41. The third kappa shape index (κ3) is 2.94. The SMILES string of the molecule is CCc1ccccc1OCc1coc2c(Br)cc(Cl)cc12. The Morgan fingerprint density at radius 1 is 1.19 bits per heavy atom. The number of aryl methyl sites for hydroxylation is 1. The Hall–Kier alpha value is -1.45. The lowest BCUT2D eigenvalue weighted by molar-refractivity contribution is 0.303. The van der Waals surface area contributed by atoms with Crippen molar-refractivity contribution in [3.8, 4) is 5.75 Å². The van der Waals surface area contributed by atoms with Gasteiger partial charge in [0, 0.05) is 16.0 Å². The number of hydrogen-bond acceptors (Lipinski definition) is 2. The van der Waals surface area contributed by atoms with E-state index in [4.69, 9.17) is 20.8 Å². The molecule has 0 saturated heterocycles. The first-order valence-corrected chi connectivity index (χ1v) is 7.92. The molecular weight excluding hydrogens is 352 g/mol. The highest BCUT2D eigenvalue weighted by molar-refractivity contribution is 9.10. The maximum Gasteiger partial charge on any atom is 0.148 e. The number of fused-ring (bicyclic) bond motifs is 1. The molecule has 1 heterocycles. The van der Waals surface area contributed by atoms with Crippen LogP contribution < -0.4 is 4.74 Å². The summed E-state index contributed by atoms with van der Waals surface area (Å²) in [6.07, 6.45) is 2.67. The van der Waals surface area contributed by atoms with Crippen molar-refractivity contribution in [2.75, 3.05) is 0 Å². The first-order valence-electron chi connectivity index (χ1n) is 6.75. The normalized spacial score (nSPS) is 11.0. The summed E-state index contributed by atoms with van der Waals surface area (Å²) in [5.74, 6) is 0.912. The Bertz CT molecular complexity index is 780. The van der Waals surface area contributed by atoms with Gasteiger partial charge < -0.3 is 9.15 Å². The van der Waals surface area contributed by atoms with E-state index in [1.807, 2.05) is 30.3 Å². The summed E-state index contributed by atoms with van der Waals surface area (Å²) in [6, 6.07) is 11.8. The summed E-state index contributed by atoms with van der Waals surface area (Å²) in [5.41, 5.74) is 2.98. The predicted molar refractivity (Wildman–Crippen MR) is 89.1 cm³/mol. The number of furan rings is 1. The standard InChI is InChI=1S/C17H14BrClO2/c1-2-11-5-3-4-6-16(11)20-9-12-10-21-17-14(12)7-13(19)8-15(17)18/h3-8,10H,2,9H2,1H3. The molecule has 0 atom stereocenters. The van der Waals surface area contributed by atoms with Gasteiger partial charge in [0.2, 0.25) is 0 Å². The van der Waals surface area contributed by atoms with Crippen molar-refractivity contribution in [2.45, 2.75) is 20.0 Å². The zero-order valence-electron chi connectivity index (χ0n) is 11.5. The molecule has 0 radical (unpaired) electrons. The molecule has 0 aliphatic heterocycles. The molecule has 4 heteroatoms. The van der Waals surface area contributed by atoms with Crippen LogP contribution in [0.4, 0.5) is 0 Å². The molecule has 0 fully saturated rings. The van der Waals surface area contributed by atoms with Gasteiger partial charge >= 0.3 is 0 Å². The molecule has 0 amide bonds. The van der Waals surface area contributed by atoms with Gasteiger partial charge in [-0.3, -0.25) is 0 Å². The Kier molecular flexibility index (Phi) is 4.22. The highest BCUT2D eigenvalue weighted by Crippen LogP contribution is 2.32. The van der Waals surface area contributed by atoms with Crippen LogP contribution in [-0.4, -0.2) is 0 Å². The lowest BCUT2D eigenvalue weighted by Gasteiger charge is -2.09. The zero-order chi connectivity index (χ0) is 14.8. The van der Waals surface area contributed by atoms with Crippen molar-refractivity contribution in [1.29, 1.82) is 0 Å². The molecule has 0 aliphatic rings. The van der Waals surface area contributed by atoms with E-state index in [0.29, 0.717) is 11.6 Å². The van der Waals surface area contributed by atoms with Gasteiger partial charge in [-0.1, -0.05) is 36.7 Å². The van der Waals surface area contributed by atoms with Gasteiger partial charge in [-0.2, -0.15) is 0 Å². The summed E-state index contributed by atoms with van der Waals surface area (Å²) in [6.45, 7) is 2.57. The second-order valence-electron chi connectivity index (χ2n) is 4.78. The molecule has 3 rings (SSSR count). The smallest absolute Gasteiger partial charge is 0.148 e. The maximum absolute atomic E-state index is 6.11. The lowest BCUT2D eigenvalue weighted by Crippen LogP contribution is -1.97. The van der Waals surface area contributed by atoms with Crippen LogP contribution in [-0.2, 0) is 13.0 Å². The third-order valence-corrected chi connectivity index (χ3v) is 4.22. The molecule has 21 heavy (non-hydrogen) atoms. The summed E-state index contributed by atoms with van der Waals surface area (Å²) >= 11 is 9.57. The van der Waals surface area contributed by atoms with E-state index in [-0.39, 0.29) is 0 Å². The lowest BCUT2D eigenvalue weighted by atomic mass is 10.1. The first-order chi connectivity index (χ1) is 10.2. The van der Waals surface area contributed by atoms with Crippen LogP contribution in [0.2, 0.25) is 5.02 Å². The number of halogens is 2. The van der Waals surface area contributed by atoms with Crippen molar-refractivity contribution in [2.24, 2.45) is 0 Å². The number of rotatable bonds is 4. The van der Waals surface area contributed by atoms with Crippen LogP contribution in [0.3, 0.4) is 0 Å². The number of para-hydroxylation sites is 1. The molecule has 2 aromatic carbocycles. The van der Waals surface area contributed by atoms with Crippen molar-refractivity contribution in [1.82, 2.24) is 0 Å². The summed E-state index contributed by atoms with van der Waals surface area (Å²) in [4.78, 5) is 0. The van der Waals surface area contributed by atoms with E-state index in [1.54, 1.807) is 6.26 Å². The molecule has 3 aromatic rings. The van der Waals surface area contributed by atoms with E-state index >= 15 is 0 Å².